The average molecular weight is 318 g/mol. The van der Waals surface area contributed by atoms with Crippen LogP contribution in [0.5, 0.6) is 0 Å². The average Bonchev–Trinajstić information content (AvgIpc) is 2.98. The molecule has 2 amide bonds. The second-order valence-corrected chi connectivity index (χ2v) is 6.31. The molecular formula is C13H20F2N4OS. The number of hydrogen-bond donors (Lipinski definition) is 2. The summed E-state index contributed by atoms with van der Waals surface area (Å²) in [5, 5.41) is 6.36. The van der Waals surface area contributed by atoms with Crippen LogP contribution < -0.4 is 10.6 Å². The topological polar surface area (TPSA) is 57.3 Å². The minimum atomic E-state index is -2.33. The molecule has 0 aromatic carbocycles. The summed E-state index contributed by atoms with van der Waals surface area (Å²) >= 11 is 1.38. The van der Waals surface area contributed by atoms with Crippen molar-refractivity contribution in [1.29, 1.82) is 0 Å². The van der Waals surface area contributed by atoms with E-state index in [1.165, 1.54) is 11.3 Å². The zero-order valence-corrected chi connectivity index (χ0v) is 12.9. The molecule has 0 radical (unpaired) electrons. The normalized spacial score (nSPS) is 19.4. The highest BCUT2D eigenvalue weighted by Crippen LogP contribution is 2.26. The number of urea groups is 1. The predicted octanol–water partition coefficient (Wildman–Crippen LogP) is 2.73. The summed E-state index contributed by atoms with van der Waals surface area (Å²) in [6.07, 6.45) is -1.64. The molecule has 1 atom stereocenters. The van der Waals surface area contributed by atoms with Crippen molar-refractivity contribution < 1.29 is 13.6 Å². The number of thiazole rings is 1. The van der Waals surface area contributed by atoms with E-state index >= 15 is 0 Å². The van der Waals surface area contributed by atoms with E-state index in [1.54, 1.807) is 10.4 Å². The molecule has 2 rings (SSSR count). The second-order valence-electron chi connectivity index (χ2n) is 5.46. The molecule has 1 aliphatic rings. The number of nitrogens with zero attached hydrogens (tertiary/aromatic N) is 2. The van der Waals surface area contributed by atoms with Gasteiger partial charge in [0.05, 0.1) is 17.7 Å². The third-order valence-corrected chi connectivity index (χ3v) is 4.13. The zero-order valence-electron chi connectivity index (χ0n) is 12.1. The fourth-order valence-electron chi connectivity index (χ4n) is 2.40. The maximum atomic E-state index is 12.3. The predicted molar refractivity (Wildman–Crippen MR) is 79.2 cm³/mol. The van der Waals surface area contributed by atoms with Crippen LogP contribution in [0, 0.1) is 0 Å². The fraction of sp³-hybridized carbons (Fsp3) is 0.692. The van der Waals surface area contributed by atoms with E-state index in [9.17, 15) is 13.6 Å². The van der Waals surface area contributed by atoms with Crippen molar-refractivity contribution in [3.8, 4) is 0 Å². The van der Waals surface area contributed by atoms with Gasteiger partial charge in [-0.05, 0) is 12.3 Å². The van der Waals surface area contributed by atoms with Crippen molar-refractivity contribution in [3.63, 3.8) is 0 Å². The van der Waals surface area contributed by atoms with E-state index < -0.39 is 6.43 Å². The summed E-state index contributed by atoms with van der Waals surface area (Å²) in [6, 6.07) is -0.385. The lowest BCUT2D eigenvalue weighted by molar-refractivity contribution is 0.0988. The molecule has 5 nitrogen and oxygen atoms in total. The molecule has 1 aromatic heterocycles. The number of carbonyl (C=O) groups excluding carboxylic acids is 1. The highest BCUT2D eigenvalue weighted by Gasteiger charge is 2.26. The highest BCUT2D eigenvalue weighted by atomic mass is 32.1. The number of halogens is 2. The van der Waals surface area contributed by atoms with Gasteiger partial charge >= 0.3 is 6.03 Å². The molecule has 21 heavy (non-hydrogen) atoms. The molecule has 2 heterocycles. The van der Waals surface area contributed by atoms with Crippen molar-refractivity contribution in [1.82, 2.24) is 15.2 Å². The van der Waals surface area contributed by atoms with Gasteiger partial charge in [0.2, 0.25) is 0 Å². The van der Waals surface area contributed by atoms with Gasteiger partial charge in [0.15, 0.2) is 0 Å². The molecule has 0 spiro atoms. The largest absolute Gasteiger partial charge is 0.334 e. The maximum Gasteiger partial charge on any atom is 0.320 e. The summed E-state index contributed by atoms with van der Waals surface area (Å²) in [4.78, 5) is 17.9. The molecule has 118 valence electrons. The zero-order chi connectivity index (χ0) is 15.4. The Hall–Kier alpha value is -1.28. The highest BCUT2D eigenvalue weighted by molar-refractivity contribution is 7.14. The second kappa shape index (κ2) is 7.13. The smallest absolute Gasteiger partial charge is 0.320 e. The van der Waals surface area contributed by atoms with E-state index in [0.29, 0.717) is 19.5 Å². The Labute approximate surface area is 126 Å². The molecule has 0 aliphatic carbocycles. The Kier molecular flexibility index (Phi) is 5.46. The Bertz CT molecular complexity index is 480. The minimum Gasteiger partial charge on any atom is -0.334 e. The minimum absolute atomic E-state index is 0.0841. The Morgan fingerprint density at radius 2 is 2.33 bits per heavy atom. The lowest BCUT2D eigenvalue weighted by atomic mass is 10.1. The molecule has 0 bridgehead atoms. The maximum absolute atomic E-state index is 12.3. The number of anilines is 1. The summed E-state index contributed by atoms with van der Waals surface area (Å²) in [6.45, 7) is 4.85. The lowest BCUT2D eigenvalue weighted by Crippen LogP contribution is -2.40. The third-order valence-electron chi connectivity index (χ3n) is 3.37. The van der Waals surface area contributed by atoms with Crippen molar-refractivity contribution in [2.24, 2.45) is 0 Å². The number of likely N-dealkylation sites (tertiary alicyclic amines) is 1. The first-order valence-electron chi connectivity index (χ1n) is 6.97. The number of hydrogen-bond acceptors (Lipinski definition) is 4. The van der Waals surface area contributed by atoms with Crippen molar-refractivity contribution >= 4 is 22.4 Å². The van der Waals surface area contributed by atoms with E-state index in [0.717, 1.165) is 10.7 Å². The summed E-state index contributed by atoms with van der Waals surface area (Å²) < 4.78 is 24.6. The summed E-state index contributed by atoms with van der Waals surface area (Å²) in [5.41, 5.74) is 2.56. The van der Waals surface area contributed by atoms with Gasteiger partial charge in [-0.2, -0.15) is 0 Å². The van der Waals surface area contributed by atoms with Crippen LogP contribution in [0.15, 0.2) is 5.51 Å². The first kappa shape index (κ1) is 16.1. The quantitative estimate of drug-likeness (QED) is 0.877. The van der Waals surface area contributed by atoms with Crippen LogP contribution in [0.2, 0.25) is 0 Å². The SMILES string of the molecule is CC(C)c1ncsc1NC(=O)NC1CCN(CC(F)F)C1. The molecule has 1 saturated heterocycles. The Morgan fingerprint density at radius 1 is 1.57 bits per heavy atom. The molecular weight excluding hydrogens is 298 g/mol. The lowest BCUT2D eigenvalue weighted by Gasteiger charge is -2.16. The number of rotatable bonds is 5. The van der Waals surface area contributed by atoms with Crippen LogP contribution >= 0.6 is 11.3 Å². The fourth-order valence-corrected chi connectivity index (χ4v) is 3.23. The number of carbonyl (C=O) groups is 1. The van der Waals surface area contributed by atoms with Crippen molar-refractivity contribution in [2.45, 2.75) is 38.7 Å². The number of amides is 2. The van der Waals surface area contributed by atoms with Gasteiger partial charge in [0.25, 0.3) is 6.43 Å². The standard InChI is InChI=1S/C13H20F2N4OS/c1-8(2)11-12(21-7-16-11)18-13(20)17-9-3-4-19(5-9)6-10(14)15/h7-10H,3-6H2,1-2H3,(H2,17,18,20). The molecule has 1 unspecified atom stereocenters. The van der Waals surface area contributed by atoms with E-state index in [-0.39, 0.29) is 24.5 Å². The molecule has 1 fully saturated rings. The Morgan fingerprint density at radius 3 is 3.00 bits per heavy atom. The van der Waals surface area contributed by atoms with Crippen molar-refractivity contribution in [2.75, 3.05) is 25.0 Å². The summed E-state index contributed by atoms with van der Waals surface area (Å²) in [7, 11) is 0. The first-order chi connectivity index (χ1) is 9.95. The van der Waals surface area contributed by atoms with Gasteiger partial charge in [-0.1, -0.05) is 13.8 Å². The molecule has 1 aliphatic heterocycles. The first-order valence-corrected chi connectivity index (χ1v) is 7.85. The van der Waals surface area contributed by atoms with Crippen LogP contribution in [0.25, 0.3) is 0 Å². The third kappa shape index (κ3) is 4.60. The van der Waals surface area contributed by atoms with Gasteiger partial charge in [0, 0.05) is 19.1 Å². The van der Waals surface area contributed by atoms with E-state index in [4.69, 9.17) is 0 Å². The molecule has 2 N–H and O–H groups in total. The van der Waals surface area contributed by atoms with Crippen LogP contribution in [-0.4, -0.2) is 48.0 Å². The van der Waals surface area contributed by atoms with Gasteiger partial charge in [-0.3, -0.25) is 10.2 Å². The molecule has 8 heteroatoms. The number of nitrogens with one attached hydrogen (secondary N) is 2. The van der Waals surface area contributed by atoms with Crippen LogP contribution in [0.4, 0.5) is 18.6 Å². The van der Waals surface area contributed by atoms with Crippen LogP contribution in [0.3, 0.4) is 0 Å². The van der Waals surface area contributed by atoms with Crippen LogP contribution in [-0.2, 0) is 0 Å². The number of alkyl halides is 2. The van der Waals surface area contributed by atoms with Gasteiger partial charge in [-0.15, -0.1) is 11.3 Å². The summed E-state index contributed by atoms with van der Waals surface area (Å²) in [5.74, 6) is 0.236. The monoisotopic (exact) mass is 318 g/mol. The van der Waals surface area contributed by atoms with Gasteiger partial charge in [0.1, 0.15) is 5.00 Å². The van der Waals surface area contributed by atoms with Crippen molar-refractivity contribution in [3.05, 3.63) is 11.2 Å². The Balaban J connectivity index is 1.81. The van der Waals surface area contributed by atoms with Gasteiger partial charge < -0.3 is 5.32 Å². The van der Waals surface area contributed by atoms with E-state index in [1.807, 2.05) is 13.8 Å². The molecule has 0 saturated carbocycles. The van der Waals surface area contributed by atoms with E-state index in [2.05, 4.69) is 15.6 Å². The number of aromatic nitrogens is 1. The van der Waals surface area contributed by atoms with Gasteiger partial charge in [-0.25, -0.2) is 18.6 Å². The van der Waals surface area contributed by atoms with Crippen LogP contribution in [0.1, 0.15) is 31.9 Å². The molecule has 1 aromatic rings.